The lowest BCUT2D eigenvalue weighted by Gasteiger charge is -2.08. The fourth-order valence-electron chi connectivity index (χ4n) is 1.02. The Morgan fingerprint density at radius 1 is 1.53 bits per heavy atom. The minimum absolute atomic E-state index is 0.0419. The molecule has 0 bridgehead atoms. The topological polar surface area (TPSA) is 68.5 Å². The van der Waals surface area contributed by atoms with E-state index in [1.54, 1.807) is 32.5 Å². The number of carbonyl (C=O) groups is 1. The lowest BCUT2D eigenvalue weighted by Crippen LogP contribution is -2.27. The Labute approximate surface area is 102 Å². The van der Waals surface area contributed by atoms with Crippen molar-refractivity contribution in [3.63, 3.8) is 0 Å². The number of likely N-dealkylation sites (N-methyl/N-ethyl adjacent to an activating group) is 1. The maximum atomic E-state index is 11.3. The van der Waals surface area contributed by atoms with Gasteiger partial charge in [-0.1, -0.05) is 16.4 Å². The van der Waals surface area contributed by atoms with Crippen molar-refractivity contribution in [2.24, 2.45) is 0 Å². The molecule has 0 aliphatic heterocycles. The molecule has 6 nitrogen and oxygen atoms in total. The standard InChI is InChI=1S/C10H11N3O3S/c1-13(2)8(14)6-16-10-12-11-9(17-10)7-4-3-5-15-7/h3-5H,6H2,1-2H3. The second kappa shape index (κ2) is 4.96. The average molecular weight is 253 g/mol. The van der Waals surface area contributed by atoms with Crippen LogP contribution >= 0.6 is 11.3 Å². The van der Waals surface area contributed by atoms with Crippen LogP contribution in [-0.4, -0.2) is 41.7 Å². The molecule has 0 radical (unpaired) electrons. The predicted molar refractivity (Wildman–Crippen MR) is 61.8 cm³/mol. The van der Waals surface area contributed by atoms with Gasteiger partial charge in [0.15, 0.2) is 17.4 Å². The van der Waals surface area contributed by atoms with E-state index in [1.807, 2.05) is 0 Å². The average Bonchev–Trinajstić information content (AvgIpc) is 2.95. The summed E-state index contributed by atoms with van der Waals surface area (Å²) < 4.78 is 10.4. The van der Waals surface area contributed by atoms with E-state index in [2.05, 4.69) is 10.2 Å². The summed E-state index contributed by atoms with van der Waals surface area (Å²) >= 11 is 1.24. The molecule has 0 N–H and O–H groups in total. The normalized spacial score (nSPS) is 10.2. The van der Waals surface area contributed by atoms with E-state index in [9.17, 15) is 4.79 Å². The molecule has 17 heavy (non-hydrogen) atoms. The van der Waals surface area contributed by atoms with Gasteiger partial charge in [-0.25, -0.2) is 0 Å². The van der Waals surface area contributed by atoms with E-state index >= 15 is 0 Å². The number of ether oxygens (including phenoxy) is 1. The van der Waals surface area contributed by atoms with Gasteiger partial charge >= 0.3 is 0 Å². The molecule has 0 spiro atoms. The van der Waals surface area contributed by atoms with Crippen LogP contribution in [0.4, 0.5) is 0 Å². The number of hydrogen-bond donors (Lipinski definition) is 0. The van der Waals surface area contributed by atoms with Gasteiger partial charge in [-0.05, 0) is 12.1 Å². The smallest absolute Gasteiger partial charge is 0.294 e. The maximum Gasteiger partial charge on any atom is 0.294 e. The number of nitrogens with zero attached hydrogens (tertiary/aromatic N) is 3. The van der Waals surface area contributed by atoms with Crippen molar-refractivity contribution < 1.29 is 13.9 Å². The van der Waals surface area contributed by atoms with Gasteiger partial charge in [0.2, 0.25) is 0 Å². The van der Waals surface area contributed by atoms with Gasteiger partial charge in [0.1, 0.15) is 0 Å². The van der Waals surface area contributed by atoms with Crippen LogP contribution in [-0.2, 0) is 4.79 Å². The van der Waals surface area contributed by atoms with Gasteiger partial charge < -0.3 is 14.1 Å². The molecule has 0 fully saturated rings. The summed E-state index contributed by atoms with van der Waals surface area (Å²) in [6, 6.07) is 3.56. The van der Waals surface area contributed by atoms with E-state index in [1.165, 1.54) is 16.2 Å². The first kappa shape index (κ1) is 11.6. The number of carbonyl (C=O) groups excluding carboxylic acids is 1. The van der Waals surface area contributed by atoms with Crippen molar-refractivity contribution in [3.05, 3.63) is 18.4 Å². The lowest BCUT2D eigenvalue weighted by atomic mass is 10.5. The van der Waals surface area contributed by atoms with E-state index in [4.69, 9.17) is 9.15 Å². The first-order valence-corrected chi connectivity index (χ1v) is 5.69. The fourth-order valence-corrected chi connectivity index (χ4v) is 1.68. The van der Waals surface area contributed by atoms with Crippen LogP contribution in [0.3, 0.4) is 0 Å². The molecule has 0 saturated heterocycles. The first-order valence-electron chi connectivity index (χ1n) is 4.87. The molecule has 2 aromatic rings. The van der Waals surface area contributed by atoms with Crippen LogP contribution < -0.4 is 4.74 Å². The maximum absolute atomic E-state index is 11.3. The summed E-state index contributed by atoms with van der Waals surface area (Å²) in [6.07, 6.45) is 1.56. The molecule has 7 heteroatoms. The molecule has 0 unspecified atom stereocenters. The van der Waals surface area contributed by atoms with Crippen molar-refractivity contribution in [1.82, 2.24) is 15.1 Å². The van der Waals surface area contributed by atoms with Crippen LogP contribution in [0.2, 0.25) is 0 Å². The van der Waals surface area contributed by atoms with Gasteiger partial charge in [-0.3, -0.25) is 4.79 Å². The molecule has 0 atom stereocenters. The van der Waals surface area contributed by atoms with Crippen molar-refractivity contribution in [2.45, 2.75) is 0 Å². The number of aromatic nitrogens is 2. The molecule has 1 amide bonds. The number of furan rings is 1. The SMILES string of the molecule is CN(C)C(=O)COc1nnc(-c2ccco2)s1. The Balaban J connectivity index is 1.97. The first-order chi connectivity index (χ1) is 8.16. The Hall–Kier alpha value is -1.89. The van der Waals surface area contributed by atoms with Crippen LogP contribution in [0.15, 0.2) is 22.8 Å². The number of hydrogen-bond acceptors (Lipinski definition) is 6. The zero-order valence-electron chi connectivity index (χ0n) is 9.41. The second-order valence-corrected chi connectivity index (χ2v) is 4.37. The molecule has 2 heterocycles. The van der Waals surface area contributed by atoms with Crippen molar-refractivity contribution in [2.75, 3.05) is 20.7 Å². The third-order valence-electron chi connectivity index (χ3n) is 1.96. The molecule has 0 aliphatic rings. The Kier molecular flexibility index (Phi) is 3.38. The molecular formula is C10H11N3O3S. The highest BCUT2D eigenvalue weighted by Crippen LogP contribution is 2.27. The number of rotatable bonds is 4. The predicted octanol–water partition coefficient (Wildman–Crippen LogP) is 1.27. The lowest BCUT2D eigenvalue weighted by molar-refractivity contribution is -0.130. The largest absolute Gasteiger partial charge is 0.462 e. The summed E-state index contributed by atoms with van der Waals surface area (Å²) in [5, 5.41) is 8.71. The van der Waals surface area contributed by atoms with Gasteiger partial charge in [0.25, 0.3) is 11.1 Å². The zero-order chi connectivity index (χ0) is 12.3. The summed E-state index contributed by atoms with van der Waals surface area (Å²) in [4.78, 5) is 12.7. The highest BCUT2D eigenvalue weighted by molar-refractivity contribution is 7.16. The van der Waals surface area contributed by atoms with Crippen LogP contribution in [0.5, 0.6) is 5.19 Å². The Morgan fingerprint density at radius 3 is 3.00 bits per heavy atom. The van der Waals surface area contributed by atoms with Crippen molar-refractivity contribution in [1.29, 1.82) is 0 Å². The molecule has 2 aromatic heterocycles. The van der Waals surface area contributed by atoms with E-state index in [-0.39, 0.29) is 12.5 Å². The third kappa shape index (κ3) is 2.82. The molecular weight excluding hydrogens is 242 g/mol. The van der Waals surface area contributed by atoms with Gasteiger partial charge in [-0.2, -0.15) is 0 Å². The van der Waals surface area contributed by atoms with Gasteiger partial charge in [0, 0.05) is 14.1 Å². The molecule has 2 rings (SSSR count). The summed E-state index contributed by atoms with van der Waals surface area (Å²) in [7, 11) is 3.33. The van der Waals surface area contributed by atoms with E-state index in [0.717, 1.165) is 0 Å². The highest BCUT2D eigenvalue weighted by atomic mass is 32.1. The van der Waals surface area contributed by atoms with Gasteiger partial charge in [-0.15, -0.1) is 5.10 Å². The van der Waals surface area contributed by atoms with Gasteiger partial charge in [0.05, 0.1) is 6.26 Å². The van der Waals surface area contributed by atoms with Crippen LogP contribution in [0, 0.1) is 0 Å². The molecule has 0 aliphatic carbocycles. The van der Waals surface area contributed by atoms with Crippen molar-refractivity contribution >= 4 is 17.2 Å². The minimum atomic E-state index is -0.125. The quantitative estimate of drug-likeness (QED) is 0.820. The second-order valence-electron chi connectivity index (χ2n) is 3.43. The summed E-state index contributed by atoms with van der Waals surface area (Å²) in [5.41, 5.74) is 0. The minimum Gasteiger partial charge on any atom is -0.462 e. The molecule has 0 saturated carbocycles. The number of amides is 1. The fraction of sp³-hybridized carbons (Fsp3) is 0.300. The summed E-state index contributed by atoms with van der Waals surface area (Å²) in [5.74, 6) is 0.510. The van der Waals surface area contributed by atoms with Crippen molar-refractivity contribution in [3.8, 4) is 16.0 Å². The molecule has 90 valence electrons. The summed E-state index contributed by atoms with van der Waals surface area (Å²) in [6.45, 7) is -0.0419. The van der Waals surface area contributed by atoms with E-state index in [0.29, 0.717) is 16.0 Å². The highest BCUT2D eigenvalue weighted by Gasteiger charge is 2.11. The Morgan fingerprint density at radius 2 is 2.35 bits per heavy atom. The monoisotopic (exact) mass is 253 g/mol. The zero-order valence-corrected chi connectivity index (χ0v) is 10.2. The Bertz CT molecular complexity index is 493. The van der Waals surface area contributed by atoms with Crippen LogP contribution in [0.1, 0.15) is 0 Å². The third-order valence-corrected chi connectivity index (χ3v) is 2.81. The van der Waals surface area contributed by atoms with E-state index < -0.39 is 0 Å². The van der Waals surface area contributed by atoms with Crippen LogP contribution in [0.25, 0.3) is 10.8 Å². The molecule has 0 aromatic carbocycles.